The number of benzene rings is 2. The molecule has 0 radical (unpaired) electrons. The summed E-state index contributed by atoms with van der Waals surface area (Å²) in [6, 6.07) is 13.9. The highest BCUT2D eigenvalue weighted by Crippen LogP contribution is 2.44. The molecule has 3 N–H and O–H groups in total. The predicted octanol–water partition coefficient (Wildman–Crippen LogP) is 2.60. The van der Waals surface area contributed by atoms with E-state index in [1.54, 1.807) is 13.8 Å². The Balaban J connectivity index is 1.44. The summed E-state index contributed by atoms with van der Waals surface area (Å²) in [6.07, 6.45) is -1.68. The fourth-order valence-electron chi connectivity index (χ4n) is 4.75. The molecule has 1 saturated heterocycles. The second-order valence-electron chi connectivity index (χ2n) is 8.93. The molecule has 0 bridgehead atoms. The van der Waals surface area contributed by atoms with E-state index in [0.717, 1.165) is 27.2 Å². The largest absolute Gasteiger partial charge is 0.480 e. The van der Waals surface area contributed by atoms with E-state index >= 15 is 0 Å². The van der Waals surface area contributed by atoms with Gasteiger partial charge in [-0.2, -0.15) is 0 Å². The van der Waals surface area contributed by atoms with Gasteiger partial charge in [0.25, 0.3) is 0 Å². The zero-order chi connectivity index (χ0) is 23.7. The predicted molar refractivity (Wildman–Crippen MR) is 121 cm³/mol. The van der Waals surface area contributed by atoms with Gasteiger partial charge in [0.15, 0.2) is 0 Å². The van der Waals surface area contributed by atoms with Crippen LogP contribution in [0.1, 0.15) is 37.3 Å². The van der Waals surface area contributed by atoms with Crippen molar-refractivity contribution in [2.75, 3.05) is 13.2 Å². The zero-order valence-corrected chi connectivity index (χ0v) is 18.6. The van der Waals surface area contributed by atoms with Gasteiger partial charge in [-0.25, -0.2) is 9.59 Å². The molecular weight excluding hydrogens is 424 g/mol. The summed E-state index contributed by atoms with van der Waals surface area (Å²) in [5.41, 5.74) is 4.39. The van der Waals surface area contributed by atoms with E-state index in [2.05, 4.69) is 5.32 Å². The van der Waals surface area contributed by atoms with Gasteiger partial charge in [0, 0.05) is 18.9 Å². The Labute approximate surface area is 192 Å². The van der Waals surface area contributed by atoms with E-state index in [-0.39, 0.29) is 31.4 Å². The van der Waals surface area contributed by atoms with E-state index in [1.807, 2.05) is 48.5 Å². The molecule has 2 aromatic rings. The SMILES string of the molecule is CC(C)[C@@H](NC(=O)OCC1c2ccccc2-c2ccccc21)C(=O)N1C[C@H](O)C[C@@H]1C(=O)O. The summed E-state index contributed by atoms with van der Waals surface area (Å²) in [5, 5.41) is 21.9. The number of amides is 2. The van der Waals surface area contributed by atoms with E-state index in [9.17, 15) is 24.6 Å². The van der Waals surface area contributed by atoms with Gasteiger partial charge in [0.05, 0.1) is 6.10 Å². The van der Waals surface area contributed by atoms with Crippen LogP contribution in [0.25, 0.3) is 11.1 Å². The lowest BCUT2D eigenvalue weighted by molar-refractivity contribution is -0.149. The van der Waals surface area contributed by atoms with Crippen LogP contribution in [0.5, 0.6) is 0 Å². The van der Waals surface area contributed by atoms with Crippen LogP contribution in [-0.4, -0.2) is 64.4 Å². The second kappa shape index (κ2) is 9.23. The number of nitrogens with one attached hydrogen (secondary N) is 1. The van der Waals surface area contributed by atoms with Crippen molar-refractivity contribution in [3.8, 4) is 11.1 Å². The number of carboxylic acid groups (broad SMARTS) is 1. The Hall–Kier alpha value is -3.39. The minimum absolute atomic E-state index is 0.0309. The first-order chi connectivity index (χ1) is 15.8. The highest BCUT2D eigenvalue weighted by atomic mass is 16.5. The molecule has 2 amide bonds. The number of aliphatic hydroxyl groups excluding tert-OH is 1. The summed E-state index contributed by atoms with van der Waals surface area (Å²) in [4.78, 5) is 38.4. The molecule has 0 saturated carbocycles. The Morgan fingerprint density at radius 3 is 2.18 bits per heavy atom. The summed E-state index contributed by atoms with van der Waals surface area (Å²) >= 11 is 0. The van der Waals surface area contributed by atoms with Crippen LogP contribution in [0.2, 0.25) is 0 Å². The molecule has 3 atom stereocenters. The van der Waals surface area contributed by atoms with Gasteiger partial charge in [-0.1, -0.05) is 62.4 Å². The lowest BCUT2D eigenvalue weighted by Gasteiger charge is -2.29. The summed E-state index contributed by atoms with van der Waals surface area (Å²) in [7, 11) is 0. The van der Waals surface area contributed by atoms with Crippen LogP contribution >= 0.6 is 0 Å². The van der Waals surface area contributed by atoms with Gasteiger partial charge < -0.3 is 25.2 Å². The Kier molecular flexibility index (Phi) is 6.37. The van der Waals surface area contributed by atoms with Crippen LogP contribution in [0.4, 0.5) is 4.79 Å². The first kappa shape index (κ1) is 22.8. The average Bonchev–Trinajstić information content (AvgIpc) is 3.34. The standard InChI is InChI=1S/C25H28N2O6/c1-14(2)22(23(29)27-12-15(28)11-21(27)24(30)31)26-25(32)33-13-20-18-9-5-3-7-16(18)17-8-4-6-10-19(17)20/h3-10,14-15,20-22,28H,11-13H2,1-2H3,(H,26,32)(H,30,31)/t15-,21-,22-/m1/s1. The van der Waals surface area contributed by atoms with Gasteiger partial charge in [-0.05, 0) is 28.2 Å². The third-order valence-corrected chi connectivity index (χ3v) is 6.40. The Bertz CT molecular complexity index is 1020. The molecule has 0 aromatic heterocycles. The number of β-amino-alcohol motifs (C(OH)–C–C–N with tert-alkyl or cyclic N) is 1. The number of carbonyl (C=O) groups excluding carboxylic acids is 2. The highest BCUT2D eigenvalue weighted by Gasteiger charge is 2.42. The van der Waals surface area contributed by atoms with Crippen molar-refractivity contribution in [1.29, 1.82) is 0 Å². The number of rotatable bonds is 6. The third-order valence-electron chi connectivity index (χ3n) is 6.40. The highest BCUT2D eigenvalue weighted by molar-refractivity contribution is 5.90. The van der Waals surface area contributed by atoms with Crippen LogP contribution in [0, 0.1) is 5.92 Å². The third kappa shape index (κ3) is 4.43. The number of hydrogen-bond acceptors (Lipinski definition) is 5. The van der Waals surface area contributed by atoms with E-state index < -0.39 is 36.2 Å². The number of carboxylic acids is 1. The van der Waals surface area contributed by atoms with Crippen molar-refractivity contribution in [3.63, 3.8) is 0 Å². The van der Waals surface area contributed by atoms with Crippen molar-refractivity contribution in [3.05, 3.63) is 59.7 Å². The lowest BCUT2D eigenvalue weighted by atomic mass is 9.98. The molecule has 1 heterocycles. The zero-order valence-electron chi connectivity index (χ0n) is 18.6. The maximum Gasteiger partial charge on any atom is 0.407 e. The molecule has 1 aliphatic heterocycles. The van der Waals surface area contributed by atoms with Crippen molar-refractivity contribution in [1.82, 2.24) is 10.2 Å². The maximum absolute atomic E-state index is 13.1. The maximum atomic E-state index is 13.1. The van der Waals surface area contributed by atoms with Crippen LogP contribution in [0.15, 0.2) is 48.5 Å². The molecule has 1 aliphatic carbocycles. The Morgan fingerprint density at radius 2 is 1.64 bits per heavy atom. The molecule has 174 valence electrons. The van der Waals surface area contributed by atoms with E-state index in [4.69, 9.17) is 4.74 Å². The molecule has 0 spiro atoms. The van der Waals surface area contributed by atoms with Gasteiger partial charge in [-0.3, -0.25) is 4.79 Å². The first-order valence-electron chi connectivity index (χ1n) is 11.1. The normalized spacial score (nSPS) is 20.3. The van der Waals surface area contributed by atoms with Gasteiger partial charge in [0.1, 0.15) is 18.7 Å². The molecule has 0 unspecified atom stereocenters. The quantitative estimate of drug-likeness (QED) is 0.620. The number of carbonyl (C=O) groups is 3. The number of ether oxygens (including phenoxy) is 1. The molecule has 8 heteroatoms. The number of alkyl carbamates (subject to hydrolysis) is 1. The number of likely N-dealkylation sites (tertiary alicyclic amines) is 1. The molecule has 8 nitrogen and oxygen atoms in total. The number of hydrogen-bond donors (Lipinski definition) is 3. The monoisotopic (exact) mass is 452 g/mol. The van der Waals surface area contributed by atoms with E-state index in [0.29, 0.717) is 0 Å². The lowest BCUT2D eigenvalue weighted by Crippen LogP contribution is -2.54. The van der Waals surface area contributed by atoms with E-state index in [1.165, 1.54) is 0 Å². The summed E-state index contributed by atoms with van der Waals surface area (Å²) in [5.74, 6) is -2.13. The summed E-state index contributed by atoms with van der Waals surface area (Å²) in [6.45, 7) is 3.55. The van der Waals surface area contributed by atoms with Gasteiger partial charge >= 0.3 is 12.1 Å². The van der Waals surface area contributed by atoms with Crippen molar-refractivity contribution < 1.29 is 29.3 Å². The van der Waals surface area contributed by atoms with Gasteiger partial charge in [-0.15, -0.1) is 0 Å². The molecule has 4 rings (SSSR count). The van der Waals surface area contributed by atoms with Crippen LogP contribution in [0.3, 0.4) is 0 Å². The number of fused-ring (bicyclic) bond motifs is 3. The fourth-order valence-corrected chi connectivity index (χ4v) is 4.75. The minimum atomic E-state index is -1.18. The minimum Gasteiger partial charge on any atom is -0.480 e. The molecular formula is C25H28N2O6. The molecule has 2 aliphatic rings. The number of aliphatic carboxylic acids is 1. The topological polar surface area (TPSA) is 116 Å². The first-order valence-corrected chi connectivity index (χ1v) is 11.1. The smallest absolute Gasteiger partial charge is 0.407 e. The number of nitrogens with zero attached hydrogens (tertiary/aromatic N) is 1. The summed E-state index contributed by atoms with van der Waals surface area (Å²) < 4.78 is 5.54. The van der Waals surface area contributed by atoms with Crippen LogP contribution in [-0.2, 0) is 14.3 Å². The van der Waals surface area contributed by atoms with Crippen molar-refractivity contribution in [2.24, 2.45) is 5.92 Å². The average molecular weight is 453 g/mol. The van der Waals surface area contributed by atoms with Crippen molar-refractivity contribution >= 4 is 18.0 Å². The molecule has 2 aromatic carbocycles. The fraction of sp³-hybridized carbons (Fsp3) is 0.400. The second-order valence-corrected chi connectivity index (χ2v) is 8.93. The van der Waals surface area contributed by atoms with Gasteiger partial charge in [0.2, 0.25) is 5.91 Å². The molecule has 1 fully saturated rings. The van der Waals surface area contributed by atoms with Crippen molar-refractivity contribution in [2.45, 2.75) is 44.4 Å². The molecule has 33 heavy (non-hydrogen) atoms. The number of aliphatic hydroxyl groups is 1. The Morgan fingerprint density at radius 1 is 1.06 bits per heavy atom. The van der Waals surface area contributed by atoms with Crippen LogP contribution < -0.4 is 5.32 Å².